The standard InChI is InChI=1S/C27H32BrFN6O2/c1-37-24-8-6-20(28)15-19(24)5-7-21-22(3-2-4-23(21)29)26(36)34-27(30)33-16-18-9-13-35(14-10-18)17-25-31-11-12-32-25/h2-4,6,8,11-12,15,18H,5,7,9-10,13-14,16-17H2,1H3,(H,31,32)(H3,30,33,34,36). The van der Waals surface area contributed by atoms with Gasteiger partial charge in [0.1, 0.15) is 17.4 Å². The van der Waals surface area contributed by atoms with Crippen molar-refractivity contribution in [3.05, 3.63) is 81.6 Å². The average molecular weight is 571 g/mol. The Labute approximate surface area is 224 Å². The Morgan fingerprint density at radius 2 is 2.08 bits per heavy atom. The molecule has 10 heteroatoms. The second-order valence-electron chi connectivity index (χ2n) is 9.19. The van der Waals surface area contributed by atoms with Gasteiger partial charge in [-0.2, -0.15) is 0 Å². The number of likely N-dealkylation sites (tertiary alicyclic amines) is 1. The van der Waals surface area contributed by atoms with E-state index in [2.05, 4.69) is 41.4 Å². The Bertz CT molecular complexity index is 1210. The first kappa shape index (κ1) is 26.8. The highest BCUT2D eigenvalue weighted by Crippen LogP contribution is 2.26. The van der Waals surface area contributed by atoms with Crippen LogP contribution in [0.25, 0.3) is 0 Å². The van der Waals surface area contributed by atoms with E-state index in [4.69, 9.17) is 10.1 Å². The third-order valence-electron chi connectivity index (χ3n) is 6.69. The Balaban J connectivity index is 1.28. The first-order valence-corrected chi connectivity index (χ1v) is 13.2. The maximum Gasteiger partial charge on any atom is 0.258 e. The maximum absolute atomic E-state index is 14.8. The van der Waals surface area contributed by atoms with Crippen LogP contribution in [0.1, 0.15) is 40.2 Å². The van der Waals surface area contributed by atoms with Gasteiger partial charge in [-0.25, -0.2) is 9.37 Å². The molecule has 1 saturated heterocycles. The zero-order valence-electron chi connectivity index (χ0n) is 20.8. The van der Waals surface area contributed by atoms with Crippen LogP contribution >= 0.6 is 15.9 Å². The summed E-state index contributed by atoms with van der Waals surface area (Å²) in [4.78, 5) is 22.7. The average Bonchev–Trinajstić information content (AvgIpc) is 3.40. The summed E-state index contributed by atoms with van der Waals surface area (Å²) in [6, 6.07) is 10.1. The van der Waals surface area contributed by atoms with Gasteiger partial charge in [-0.15, -0.1) is 0 Å². The Hall–Kier alpha value is -3.24. The number of methoxy groups -OCH3 is 1. The number of hydrogen-bond acceptors (Lipinski definition) is 5. The second-order valence-corrected chi connectivity index (χ2v) is 10.1. The van der Waals surface area contributed by atoms with E-state index >= 15 is 0 Å². The minimum Gasteiger partial charge on any atom is -0.496 e. The van der Waals surface area contributed by atoms with Crippen LogP contribution in [-0.4, -0.2) is 53.5 Å². The van der Waals surface area contributed by atoms with E-state index in [0.717, 1.165) is 48.3 Å². The number of carbonyl (C=O) groups excluding carboxylic acids is 1. The number of aromatic amines is 1. The summed E-state index contributed by atoms with van der Waals surface area (Å²) in [7, 11) is 1.59. The molecule has 0 radical (unpaired) electrons. The van der Waals surface area contributed by atoms with Gasteiger partial charge in [-0.3, -0.25) is 20.4 Å². The van der Waals surface area contributed by atoms with E-state index in [1.165, 1.54) is 12.1 Å². The molecule has 2 heterocycles. The Morgan fingerprint density at radius 1 is 1.27 bits per heavy atom. The number of aromatic nitrogens is 2. The summed E-state index contributed by atoms with van der Waals surface area (Å²) >= 11 is 3.46. The number of benzene rings is 2. The molecule has 196 valence electrons. The third kappa shape index (κ3) is 7.39. The fraction of sp³-hybridized carbons (Fsp3) is 0.370. The van der Waals surface area contributed by atoms with Crippen molar-refractivity contribution in [3.8, 4) is 5.75 Å². The minimum absolute atomic E-state index is 0.0770. The SMILES string of the molecule is COc1ccc(Br)cc1CCc1c(F)cccc1C(=O)NC(=N)NCC1CCN(Cc2ncc[nH]2)CC1. The summed E-state index contributed by atoms with van der Waals surface area (Å²) in [5.41, 5.74) is 1.46. The van der Waals surface area contributed by atoms with Crippen molar-refractivity contribution in [1.82, 2.24) is 25.5 Å². The maximum atomic E-state index is 14.8. The van der Waals surface area contributed by atoms with E-state index in [0.29, 0.717) is 36.6 Å². The van der Waals surface area contributed by atoms with Gasteiger partial charge < -0.3 is 15.0 Å². The van der Waals surface area contributed by atoms with Crippen LogP contribution < -0.4 is 15.4 Å². The molecule has 4 N–H and O–H groups in total. The van der Waals surface area contributed by atoms with Gasteiger partial charge in [-0.05, 0) is 80.6 Å². The van der Waals surface area contributed by atoms with Crippen LogP contribution in [0, 0.1) is 17.1 Å². The minimum atomic E-state index is -0.499. The van der Waals surface area contributed by atoms with E-state index in [9.17, 15) is 9.18 Å². The number of hydrogen-bond donors (Lipinski definition) is 4. The van der Waals surface area contributed by atoms with Crippen molar-refractivity contribution in [3.63, 3.8) is 0 Å². The van der Waals surface area contributed by atoms with Crippen molar-refractivity contribution in [1.29, 1.82) is 5.41 Å². The van der Waals surface area contributed by atoms with E-state index in [-0.39, 0.29) is 11.5 Å². The molecule has 0 aliphatic carbocycles. The first-order chi connectivity index (χ1) is 17.9. The number of nitrogens with one attached hydrogen (secondary N) is 4. The summed E-state index contributed by atoms with van der Waals surface area (Å²) in [5, 5.41) is 13.8. The first-order valence-electron chi connectivity index (χ1n) is 12.4. The van der Waals surface area contributed by atoms with Crippen LogP contribution in [0.3, 0.4) is 0 Å². The van der Waals surface area contributed by atoms with Gasteiger partial charge in [0.15, 0.2) is 5.96 Å². The molecule has 4 rings (SSSR count). The van der Waals surface area contributed by atoms with E-state index in [1.807, 2.05) is 24.4 Å². The normalized spacial score (nSPS) is 14.4. The number of rotatable bonds is 9. The molecule has 0 saturated carbocycles. The van der Waals surface area contributed by atoms with Crippen LogP contribution in [-0.2, 0) is 19.4 Å². The molecular weight excluding hydrogens is 539 g/mol. The molecule has 0 spiro atoms. The molecule has 37 heavy (non-hydrogen) atoms. The van der Waals surface area contributed by atoms with Crippen molar-refractivity contribution in [2.45, 2.75) is 32.2 Å². The molecular formula is C27H32BrFN6O2. The van der Waals surface area contributed by atoms with Gasteiger partial charge in [0, 0.05) is 34.5 Å². The lowest BCUT2D eigenvalue weighted by molar-refractivity contribution is 0.0973. The monoisotopic (exact) mass is 570 g/mol. The molecule has 1 aliphatic rings. The van der Waals surface area contributed by atoms with Gasteiger partial charge in [0.05, 0.1) is 13.7 Å². The molecule has 1 aliphatic heterocycles. The number of guanidine groups is 1. The van der Waals surface area contributed by atoms with Crippen molar-refractivity contribution in [2.75, 3.05) is 26.7 Å². The molecule has 3 aromatic rings. The molecule has 1 aromatic heterocycles. The molecule has 1 fully saturated rings. The number of ether oxygens (including phenoxy) is 1. The Kier molecular flexibility index (Phi) is 9.29. The number of amides is 1. The van der Waals surface area contributed by atoms with Gasteiger partial charge in [-0.1, -0.05) is 22.0 Å². The van der Waals surface area contributed by atoms with Crippen molar-refractivity contribution < 1.29 is 13.9 Å². The second kappa shape index (κ2) is 12.8. The van der Waals surface area contributed by atoms with Crippen LogP contribution in [0.15, 0.2) is 53.3 Å². The summed E-state index contributed by atoms with van der Waals surface area (Å²) in [6.07, 6.45) is 6.42. The molecule has 0 bridgehead atoms. The summed E-state index contributed by atoms with van der Waals surface area (Å²) < 4.78 is 21.1. The lowest BCUT2D eigenvalue weighted by Gasteiger charge is -2.31. The quantitative estimate of drug-likeness (QED) is 0.227. The zero-order chi connectivity index (χ0) is 26.2. The zero-order valence-corrected chi connectivity index (χ0v) is 22.4. The molecule has 0 atom stereocenters. The van der Waals surface area contributed by atoms with Crippen LogP contribution in [0.2, 0.25) is 0 Å². The number of piperidine rings is 1. The molecule has 0 unspecified atom stereocenters. The van der Waals surface area contributed by atoms with Crippen LogP contribution in [0.5, 0.6) is 5.75 Å². The topological polar surface area (TPSA) is 106 Å². The molecule has 1 amide bonds. The van der Waals surface area contributed by atoms with Crippen LogP contribution in [0.4, 0.5) is 4.39 Å². The molecule has 8 nitrogen and oxygen atoms in total. The van der Waals surface area contributed by atoms with Crippen molar-refractivity contribution in [2.24, 2.45) is 5.92 Å². The predicted octanol–water partition coefficient (Wildman–Crippen LogP) is 4.27. The molecule has 2 aromatic carbocycles. The lowest BCUT2D eigenvalue weighted by Crippen LogP contribution is -2.44. The predicted molar refractivity (Wildman–Crippen MR) is 144 cm³/mol. The van der Waals surface area contributed by atoms with Gasteiger partial charge in [0.2, 0.25) is 0 Å². The highest BCUT2D eigenvalue weighted by atomic mass is 79.9. The highest BCUT2D eigenvalue weighted by molar-refractivity contribution is 9.10. The summed E-state index contributed by atoms with van der Waals surface area (Å²) in [5.74, 6) is 1.07. The van der Waals surface area contributed by atoms with Crippen molar-refractivity contribution >= 4 is 27.8 Å². The van der Waals surface area contributed by atoms with Gasteiger partial charge in [0.25, 0.3) is 5.91 Å². The van der Waals surface area contributed by atoms with E-state index in [1.54, 1.807) is 19.4 Å². The number of aryl methyl sites for hydroxylation is 1. The Morgan fingerprint density at radius 3 is 2.81 bits per heavy atom. The highest BCUT2D eigenvalue weighted by Gasteiger charge is 2.21. The lowest BCUT2D eigenvalue weighted by atomic mass is 9.97. The summed E-state index contributed by atoms with van der Waals surface area (Å²) in [6.45, 7) is 3.33. The van der Waals surface area contributed by atoms with E-state index < -0.39 is 11.7 Å². The number of imidazole rings is 1. The number of nitrogens with zero attached hydrogens (tertiary/aromatic N) is 2. The smallest absolute Gasteiger partial charge is 0.258 e. The largest absolute Gasteiger partial charge is 0.496 e. The number of halogens is 2. The number of carbonyl (C=O) groups is 1. The van der Waals surface area contributed by atoms with Gasteiger partial charge >= 0.3 is 0 Å². The number of H-pyrrole nitrogens is 1. The fourth-order valence-corrected chi connectivity index (χ4v) is 5.05. The fourth-order valence-electron chi connectivity index (χ4n) is 4.64. The third-order valence-corrected chi connectivity index (χ3v) is 7.18.